The molecule has 2 N–H and O–H groups in total. The van der Waals surface area contributed by atoms with Crippen molar-refractivity contribution < 1.29 is 9.53 Å². The molecule has 150 valence electrons. The summed E-state index contributed by atoms with van der Waals surface area (Å²) in [6, 6.07) is 10.6. The summed E-state index contributed by atoms with van der Waals surface area (Å²) in [6.07, 6.45) is 5.33. The quantitative estimate of drug-likeness (QED) is 0.640. The zero-order valence-electron chi connectivity index (χ0n) is 16.0. The summed E-state index contributed by atoms with van der Waals surface area (Å²) in [6.45, 7) is 0.543. The van der Waals surface area contributed by atoms with E-state index in [4.69, 9.17) is 4.74 Å². The highest BCUT2D eigenvalue weighted by Gasteiger charge is 2.30. The number of methoxy groups -OCH3 is 1. The minimum atomic E-state index is -0.361. The monoisotopic (exact) mass is 394 g/mol. The fourth-order valence-electron chi connectivity index (χ4n) is 3.07. The number of nitrogens with zero attached hydrogens (tertiary/aromatic N) is 4. The van der Waals surface area contributed by atoms with E-state index in [-0.39, 0.29) is 30.9 Å². The number of hydrogen-bond acceptors (Lipinski definition) is 5. The summed E-state index contributed by atoms with van der Waals surface area (Å²) in [5.74, 6) is 1.27. The molecule has 9 heteroatoms. The van der Waals surface area contributed by atoms with E-state index in [2.05, 4.69) is 20.7 Å². The molecular formula is C20H22N6O3. The number of aromatic nitrogens is 4. The molecule has 0 aliphatic heterocycles. The lowest BCUT2D eigenvalue weighted by Gasteiger charge is -2.08. The average Bonchev–Trinajstić information content (AvgIpc) is 3.52. The zero-order valence-corrected chi connectivity index (χ0v) is 16.0. The lowest BCUT2D eigenvalue weighted by molar-refractivity contribution is 0.251. The van der Waals surface area contributed by atoms with Gasteiger partial charge in [0.1, 0.15) is 5.75 Å². The van der Waals surface area contributed by atoms with Crippen molar-refractivity contribution in [3.8, 4) is 17.1 Å². The Bertz CT molecular complexity index is 1060. The van der Waals surface area contributed by atoms with Crippen molar-refractivity contribution in [2.24, 2.45) is 0 Å². The topological polar surface area (TPSA) is 103 Å². The summed E-state index contributed by atoms with van der Waals surface area (Å²) in [7, 11) is 1.57. The number of hydrogen-bond donors (Lipinski definition) is 2. The molecule has 1 saturated carbocycles. The minimum absolute atomic E-state index is 0.165. The number of pyridine rings is 1. The van der Waals surface area contributed by atoms with Crippen molar-refractivity contribution in [2.45, 2.75) is 25.4 Å². The summed E-state index contributed by atoms with van der Waals surface area (Å²) >= 11 is 0. The van der Waals surface area contributed by atoms with Gasteiger partial charge in [-0.1, -0.05) is 6.07 Å². The maximum atomic E-state index is 12.8. The predicted octanol–water partition coefficient (Wildman–Crippen LogP) is 2.27. The van der Waals surface area contributed by atoms with Gasteiger partial charge in [-0.3, -0.25) is 9.55 Å². The number of nitrogens with one attached hydrogen (secondary N) is 2. The second-order valence-electron chi connectivity index (χ2n) is 6.79. The number of carbonyl (C=O) groups is 1. The molecule has 2 amide bonds. The van der Waals surface area contributed by atoms with Crippen LogP contribution in [0, 0.1) is 0 Å². The van der Waals surface area contributed by atoms with Crippen LogP contribution in [0.25, 0.3) is 11.4 Å². The number of anilines is 1. The van der Waals surface area contributed by atoms with Crippen LogP contribution >= 0.6 is 0 Å². The van der Waals surface area contributed by atoms with Gasteiger partial charge < -0.3 is 15.4 Å². The Hall–Kier alpha value is -3.62. The van der Waals surface area contributed by atoms with E-state index in [1.807, 2.05) is 12.1 Å². The third kappa shape index (κ3) is 4.29. The molecule has 29 heavy (non-hydrogen) atoms. The highest BCUT2D eigenvalue weighted by molar-refractivity contribution is 5.89. The van der Waals surface area contributed by atoms with Gasteiger partial charge in [-0.15, -0.1) is 5.10 Å². The van der Waals surface area contributed by atoms with E-state index in [0.717, 1.165) is 18.4 Å². The highest BCUT2D eigenvalue weighted by Crippen LogP contribution is 2.36. The smallest absolute Gasteiger partial charge is 0.346 e. The van der Waals surface area contributed by atoms with Crippen LogP contribution in [-0.4, -0.2) is 39.0 Å². The second-order valence-corrected chi connectivity index (χ2v) is 6.79. The van der Waals surface area contributed by atoms with Crippen LogP contribution in [0.1, 0.15) is 18.9 Å². The van der Waals surface area contributed by atoms with Crippen molar-refractivity contribution in [2.75, 3.05) is 19.0 Å². The molecule has 2 heterocycles. The predicted molar refractivity (Wildman–Crippen MR) is 108 cm³/mol. The Kier molecular flexibility index (Phi) is 5.28. The van der Waals surface area contributed by atoms with E-state index in [0.29, 0.717) is 17.3 Å². The van der Waals surface area contributed by atoms with Gasteiger partial charge in [0, 0.05) is 42.3 Å². The molecule has 2 aromatic heterocycles. The van der Waals surface area contributed by atoms with E-state index in [1.165, 1.54) is 4.68 Å². The van der Waals surface area contributed by atoms with Crippen molar-refractivity contribution in [1.29, 1.82) is 0 Å². The van der Waals surface area contributed by atoms with Crippen LogP contribution in [0.15, 0.2) is 53.6 Å². The van der Waals surface area contributed by atoms with Gasteiger partial charge in [0.15, 0.2) is 5.82 Å². The SMILES string of the molecule is COc1cccc(NC(=O)NCCn2nc(-c3cccnc3)n(C3CC3)c2=O)c1. The Balaban J connectivity index is 1.41. The molecule has 1 aromatic carbocycles. The molecule has 1 fully saturated rings. The number of amides is 2. The first-order valence-electron chi connectivity index (χ1n) is 9.44. The Morgan fingerprint density at radius 2 is 2.14 bits per heavy atom. The molecule has 4 rings (SSSR count). The van der Waals surface area contributed by atoms with E-state index < -0.39 is 0 Å². The summed E-state index contributed by atoms with van der Waals surface area (Å²) in [4.78, 5) is 29.0. The largest absolute Gasteiger partial charge is 0.497 e. The number of ether oxygens (including phenoxy) is 1. The molecule has 0 unspecified atom stereocenters. The van der Waals surface area contributed by atoms with E-state index in [9.17, 15) is 9.59 Å². The maximum Gasteiger partial charge on any atom is 0.346 e. The maximum absolute atomic E-state index is 12.8. The van der Waals surface area contributed by atoms with E-state index >= 15 is 0 Å². The van der Waals surface area contributed by atoms with Crippen LogP contribution in [0.3, 0.4) is 0 Å². The number of benzene rings is 1. The van der Waals surface area contributed by atoms with Crippen LogP contribution in [-0.2, 0) is 6.54 Å². The normalized spacial score (nSPS) is 13.1. The third-order valence-electron chi connectivity index (χ3n) is 4.64. The van der Waals surface area contributed by atoms with Crippen molar-refractivity contribution in [3.63, 3.8) is 0 Å². The second kappa shape index (κ2) is 8.17. The fourth-order valence-corrected chi connectivity index (χ4v) is 3.07. The summed E-state index contributed by atoms with van der Waals surface area (Å²) in [5.41, 5.74) is 1.26. The molecule has 9 nitrogen and oxygen atoms in total. The molecule has 1 aliphatic carbocycles. The Morgan fingerprint density at radius 3 is 2.86 bits per heavy atom. The lowest BCUT2D eigenvalue weighted by atomic mass is 10.3. The van der Waals surface area contributed by atoms with Crippen LogP contribution in [0.5, 0.6) is 5.75 Å². The average molecular weight is 394 g/mol. The lowest BCUT2D eigenvalue weighted by Crippen LogP contribution is -2.34. The van der Waals surface area contributed by atoms with Gasteiger partial charge in [0.05, 0.1) is 13.7 Å². The van der Waals surface area contributed by atoms with Crippen LogP contribution < -0.4 is 21.1 Å². The Morgan fingerprint density at radius 1 is 1.28 bits per heavy atom. The van der Waals surface area contributed by atoms with Crippen LogP contribution in [0.4, 0.5) is 10.5 Å². The van der Waals surface area contributed by atoms with Crippen LogP contribution in [0.2, 0.25) is 0 Å². The fraction of sp³-hybridized carbons (Fsp3) is 0.300. The number of carbonyl (C=O) groups excluding carboxylic acids is 1. The molecule has 1 aliphatic rings. The van der Waals surface area contributed by atoms with Gasteiger partial charge >= 0.3 is 11.7 Å². The molecule has 3 aromatic rings. The first kappa shape index (κ1) is 18.7. The molecule has 0 saturated heterocycles. The summed E-state index contributed by atoms with van der Waals surface area (Å²) < 4.78 is 8.26. The minimum Gasteiger partial charge on any atom is -0.497 e. The first-order chi connectivity index (χ1) is 14.2. The molecule has 0 atom stereocenters. The third-order valence-corrected chi connectivity index (χ3v) is 4.64. The van der Waals surface area contributed by atoms with E-state index in [1.54, 1.807) is 48.3 Å². The standard InChI is InChI=1S/C20H22N6O3/c1-29-17-6-2-5-15(12-17)23-19(27)22-10-11-25-20(28)26(16-7-8-16)18(24-25)14-4-3-9-21-13-14/h2-6,9,12-13,16H,7-8,10-11H2,1H3,(H2,22,23,27). The zero-order chi connectivity index (χ0) is 20.2. The van der Waals surface area contributed by atoms with Crippen molar-refractivity contribution in [3.05, 3.63) is 59.3 Å². The Labute approximate surface area is 167 Å². The van der Waals surface area contributed by atoms with Crippen molar-refractivity contribution in [1.82, 2.24) is 24.6 Å². The van der Waals surface area contributed by atoms with Gasteiger partial charge in [-0.2, -0.15) is 0 Å². The van der Waals surface area contributed by atoms with Gasteiger partial charge in [-0.05, 0) is 37.1 Å². The van der Waals surface area contributed by atoms with Gasteiger partial charge in [0.2, 0.25) is 0 Å². The van der Waals surface area contributed by atoms with Gasteiger partial charge in [-0.25, -0.2) is 14.3 Å². The molecule has 0 bridgehead atoms. The molecule has 0 radical (unpaired) electrons. The van der Waals surface area contributed by atoms with Crippen molar-refractivity contribution >= 4 is 11.7 Å². The summed E-state index contributed by atoms with van der Waals surface area (Å²) in [5, 5.41) is 9.97. The molecule has 0 spiro atoms. The highest BCUT2D eigenvalue weighted by atomic mass is 16.5. The van der Waals surface area contributed by atoms with Gasteiger partial charge in [0.25, 0.3) is 0 Å². The molecular weight excluding hydrogens is 372 g/mol. The number of urea groups is 1. The first-order valence-corrected chi connectivity index (χ1v) is 9.44. The number of rotatable bonds is 7.